The summed E-state index contributed by atoms with van der Waals surface area (Å²) in [5.74, 6) is 0.740. The first-order valence-corrected chi connectivity index (χ1v) is 9.73. The molecule has 2 aromatic rings. The van der Waals surface area contributed by atoms with Gasteiger partial charge in [0.05, 0.1) is 6.54 Å². The summed E-state index contributed by atoms with van der Waals surface area (Å²) in [6.07, 6.45) is 0. The highest BCUT2D eigenvalue weighted by atomic mass is 16.2. The lowest BCUT2D eigenvalue weighted by molar-refractivity contribution is -0.130. The Morgan fingerprint density at radius 2 is 1.75 bits per heavy atom. The zero-order chi connectivity index (χ0) is 19.8. The summed E-state index contributed by atoms with van der Waals surface area (Å²) in [6.45, 7) is 6.19. The Labute approximate surface area is 167 Å². The third kappa shape index (κ3) is 5.49. The molecule has 0 radical (unpaired) electrons. The number of nitrogens with zero attached hydrogens (tertiary/aromatic N) is 3. The molecule has 0 atom stereocenters. The van der Waals surface area contributed by atoms with Crippen LogP contribution in [0.2, 0.25) is 0 Å². The van der Waals surface area contributed by atoms with Gasteiger partial charge in [0.1, 0.15) is 0 Å². The van der Waals surface area contributed by atoms with Crippen LogP contribution >= 0.6 is 0 Å². The highest BCUT2D eigenvalue weighted by Gasteiger charge is 2.21. The molecule has 1 aliphatic rings. The van der Waals surface area contributed by atoms with E-state index in [9.17, 15) is 4.79 Å². The Balaban J connectivity index is 1.42. The fourth-order valence-corrected chi connectivity index (χ4v) is 3.35. The highest BCUT2D eigenvalue weighted by Crippen LogP contribution is 2.15. The van der Waals surface area contributed by atoms with Crippen molar-refractivity contribution in [1.29, 1.82) is 0 Å². The van der Waals surface area contributed by atoms with E-state index in [1.807, 2.05) is 29.2 Å². The molecule has 2 N–H and O–H groups in total. The van der Waals surface area contributed by atoms with Crippen molar-refractivity contribution in [3.63, 3.8) is 0 Å². The number of aryl methyl sites for hydroxylation is 1. The Morgan fingerprint density at radius 3 is 2.43 bits per heavy atom. The van der Waals surface area contributed by atoms with Gasteiger partial charge in [-0.1, -0.05) is 48.0 Å². The van der Waals surface area contributed by atoms with Crippen LogP contribution in [0.25, 0.3) is 0 Å². The molecule has 148 valence electrons. The average Bonchev–Trinajstić information content (AvgIpc) is 2.74. The molecule has 1 saturated heterocycles. The van der Waals surface area contributed by atoms with E-state index in [0.717, 1.165) is 26.2 Å². The zero-order valence-electron chi connectivity index (χ0n) is 16.7. The molecule has 2 aromatic carbocycles. The fraction of sp³-hybridized carbons (Fsp3) is 0.364. The third-order valence-electron chi connectivity index (χ3n) is 4.93. The van der Waals surface area contributed by atoms with E-state index in [0.29, 0.717) is 12.5 Å². The first kappa shape index (κ1) is 19.7. The minimum absolute atomic E-state index is 0.103. The molecule has 1 aliphatic heterocycles. The lowest BCUT2D eigenvalue weighted by Crippen LogP contribution is -2.52. The van der Waals surface area contributed by atoms with Gasteiger partial charge in [0.25, 0.3) is 0 Å². The van der Waals surface area contributed by atoms with Gasteiger partial charge in [-0.15, -0.1) is 0 Å². The lowest BCUT2D eigenvalue weighted by atomic mass is 10.1. The summed E-state index contributed by atoms with van der Waals surface area (Å²) >= 11 is 0. The Morgan fingerprint density at radius 1 is 1.00 bits per heavy atom. The van der Waals surface area contributed by atoms with Crippen molar-refractivity contribution in [2.24, 2.45) is 4.99 Å². The van der Waals surface area contributed by atoms with Crippen molar-refractivity contribution < 1.29 is 4.79 Å². The topological polar surface area (TPSA) is 60.0 Å². The second-order valence-corrected chi connectivity index (χ2v) is 6.97. The SMILES string of the molecule is CN=C(NCC(=O)N1CCN(c2ccccc2)CC1)NCc1cccc(C)c1. The van der Waals surface area contributed by atoms with Crippen LogP contribution in [0.4, 0.5) is 5.69 Å². The molecule has 3 rings (SSSR count). The molecule has 0 bridgehead atoms. The number of nitrogens with one attached hydrogen (secondary N) is 2. The summed E-state index contributed by atoms with van der Waals surface area (Å²) in [6, 6.07) is 18.7. The van der Waals surface area contributed by atoms with E-state index in [-0.39, 0.29) is 12.5 Å². The summed E-state index contributed by atoms with van der Waals surface area (Å²) in [4.78, 5) is 21.0. The average molecular weight is 380 g/mol. The predicted octanol–water partition coefficient (Wildman–Crippen LogP) is 2.01. The minimum Gasteiger partial charge on any atom is -0.368 e. The number of para-hydroxylation sites is 1. The lowest BCUT2D eigenvalue weighted by Gasteiger charge is -2.36. The highest BCUT2D eigenvalue weighted by molar-refractivity contribution is 5.86. The number of aliphatic imine (C=N–C) groups is 1. The van der Waals surface area contributed by atoms with E-state index in [4.69, 9.17) is 0 Å². The number of anilines is 1. The normalized spacial score (nSPS) is 14.7. The molecule has 28 heavy (non-hydrogen) atoms. The first-order valence-electron chi connectivity index (χ1n) is 9.73. The van der Waals surface area contributed by atoms with Crippen LogP contribution in [-0.2, 0) is 11.3 Å². The smallest absolute Gasteiger partial charge is 0.242 e. The summed E-state index contributed by atoms with van der Waals surface area (Å²) in [7, 11) is 1.72. The molecule has 0 aliphatic carbocycles. The van der Waals surface area contributed by atoms with Crippen LogP contribution in [0.5, 0.6) is 0 Å². The van der Waals surface area contributed by atoms with Crippen LogP contribution in [0.15, 0.2) is 59.6 Å². The monoisotopic (exact) mass is 379 g/mol. The number of piperazine rings is 1. The van der Waals surface area contributed by atoms with Crippen molar-refractivity contribution in [1.82, 2.24) is 15.5 Å². The van der Waals surface area contributed by atoms with E-state index >= 15 is 0 Å². The zero-order valence-corrected chi connectivity index (χ0v) is 16.7. The van der Waals surface area contributed by atoms with Gasteiger partial charge >= 0.3 is 0 Å². The van der Waals surface area contributed by atoms with Crippen LogP contribution in [0, 0.1) is 6.92 Å². The molecule has 0 spiro atoms. The minimum atomic E-state index is 0.103. The Kier molecular flexibility index (Phi) is 6.89. The quantitative estimate of drug-likeness (QED) is 0.616. The molecule has 0 aromatic heterocycles. The molecule has 1 amide bonds. The van der Waals surface area contributed by atoms with Crippen LogP contribution < -0.4 is 15.5 Å². The summed E-state index contributed by atoms with van der Waals surface area (Å²) in [5, 5.41) is 6.39. The van der Waals surface area contributed by atoms with Gasteiger partial charge in [-0.25, -0.2) is 0 Å². The number of hydrogen-bond donors (Lipinski definition) is 2. The number of benzene rings is 2. The van der Waals surface area contributed by atoms with Crippen molar-refractivity contribution in [2.45, 2.75) is 13.5 Å². The predicted molar refractivity (Wildman–Crippen MR) is 115 cm³/mol. The summed E-state index contributed by atoms with van der Waals surface area (Å²) < 4.78 is 0. The molecular formula is C22H29N5O. The van der Waals surface area contributed by atoms with Gasteiger partial charge in [0.2, 0.25) is 5.91 Å². The molecule has 6 nitrogen and oxygen atoms in total. The molecular weight excluding hydrogens is 350 g/mol. The molecule has 6 heteroatoms. The maximum atomic E-state index is 12.5. The summed E-state index contributed by atoms with van der Waals surface area (Å²) in [5.41, 5.74) is 3.63. The van der Waals surface area contributed by atoms with E-state index in [2.05, 4.69) is 57.8 Å². The standard InChI is InChI=1S/C22H29N5O/c1-18-7-6-8-19(15-18)16-24-22(23-2)25-17-21(28)27-13-11-26(12-14-27)20-9-4-3-5-10-20/h3-10,15H,11-14,16-17H2,1-2H3,(H2,23,24,25). The first-order chi connectivity index (χ1) is 13.7. The number of carbonyl (C=O) groups excluding carboxylic acids is 1. The Hall–Kier alpha value is -3.02. The number of hydrogen-bond acceptors (Lipinski definition) is 3. The van der Waals surface area contributed by atoms with Gasteiger partial charge in [-0.3, -0.25) is 9.79 Å². The fourth-order valence-electron chi connectivity index (χ4n) is 3.35. The maximum Gasteiger partial charge on any atom is 0.242 e. The van der Waals surface area contributed by atoms with E-state index < -0.39 is 0 Å². The van der Waals surface area contributed by atoms with Crippen LogP contribution in [-0.4, -0.2) is 56.5 Å². The van der Waals surface area contributed by atoms with Gasteiger partial charge in [-0.2, -0.15) is 0 Å². The second kappa shape index (κ2) is 9.78. The molecule has 1 fully saturated rings. The second-order valence-electron chi connectivity index (χ2n) is 6.97. The van der Waals surface area contributed by atoms with Crippen LogP contribution in [0.3, 0.4) is 0 Å². The number of guanidine groups is 1. The van der Waals surface area contributed by atoms with Crippen molar-refractivity contribution in [3.05, 3.63) is 65.7 Å². The largest absolute Gasteiger partial charge is 0.368 e. The van der Waals surface area contributed by atoms with Gasteiger partial charge in [0.15, 0.2) is 5.96 Å². The number of carbonyl (C=O) groups is 1. The number of rotatable bonds is 5. The van der Waals surface area contributed by atoms with Gasteiger partial charge in [-0.05, 0) is 24.6 Å². The Bertz CT molecular complexity index is 798. The van der Waals surface area contributed by atoms with E-state index in [1.54, 1.807) is 7.05 Å². The van der Waals surface area contributed by atoms with Crippen molar-refractivity contribution in [3.8, 4) is 0 Å². The third-order valence-corrected chi connectivity index (χ3v) is 4.93. The maximum absolute atomic E-state index is 12.5. The molecule has 0 saturated carbocycles. The van der Waals surface area contributed by atoms with Crippen LogP contribution in [0.1, 0.15) is 11.1 Å². The molecule has 0 unspecified atom stereocenters. The van der Waals surface area contributed by atoms with E-state index in [1.165, 1.54) is 16.8 Å². The van der Waals surface area contributed by atoms with Crippen molar-refractivity contribution in [2.75, 3.05) is 44.7 Å². The molecule has 1 heterocycles. The van der Waals surface area contributed by atoms with Gasteiger partial charge in [0, 0.05) is 45.5 Å². The van der Waals surface area contributed by atoms with Crippen molar-refractivity contribution >= 4 is 17.6 Å². The van der Waals surface area contributed by atoms with Gasteiger partial charge < -0.3 is 20.4 Å². The number of amides is 1.